The minimum absolute atomic E-state index is 0.0737. The molecule has 4 aromatic carbocycles. The minimum atomic E-state index is -2.90. The number of halogens is 2. The highest BCUT2D eigenvalue weighted by molar-refractivity contribution is 5.69. The molecule has 60 heavy (non-hydrogen) atoms. The number of alkyl halides is 2. The second-order valence-corrected chi connectivity index (χ2v) is 14.2. The summed E-state index contributed by atoms with van der Waals surface area (Å²) in [5, 5.41) is 13.7. The molecular formula is C44H46F2N10O4. The van der Waals surface area contributed by atoms with Crippen molar-refractivity contribution in [1.29, 1.82) is 0 Å². The summed E-state index contributed by atoms with van der Waals surface area (Å²) in [6.45, 7) is -0.466. The Balaban J connectivity index is 1.09. The highest BCUT2D eigenvalue weighted by Crippen LogP contribution is 2.41. The van der Waals surface area contributed by atoms with Gasteiger partial charge in [0.25, 0.3) is 0 Å². The number of rotatable bonds is 16. The lowest BCUT2D eigenvalue weighted by molar-refractivity contribution is -0.0498. The number of hydrogen-bond acceptors (Lipinski definition) is 14. The van der Waals surface area contributed by atoms with E-state index in [1.807, 2.05) is 72.8 Å². The number of methoxy groups -OCH3 is 3. The summed E-state index contributed by atoms with van der Waals surface area (Å²) in [5.74, 6) is 5.85. The van der Waals surface area contributed by atoms with Crippen LogP contribution in [0, 0.1) is 0 Å². The maximum absolute atomic E-state index is 12.7. The van der Waals surface area contributed by atoms with Gasteiger partial charge in [0, 0.05) is 60.1 Å². The molecule has 0 amide bonds. The van der Waals surface area contributed by atoms with Crippen LogP contribution in [0.1, 0.15) is 37.3 Å². The smallest absolute Gasteiger partial charge is 0.387 e. The molecule has 310 valence electrons. The number of ether oxygens (including phenoxy) is 4. The molecule has 8 rings (SSSR count). The van der Waals surface area contributed by atoms with Gasteiger partial charge in [-0.3, -0.25) is 0 Å². The third kappa shape index (κ3) is 9.60. The molecule has 2 fully saturated rings. The molecule has 0 saturated carbocycles. The van der Waals surface area contributed by atoms with Crippen LogP contribution < -0.4 is 50.0 Å². The Morgan fingerprint density at radius 3 is 1.48 bits per heavy atom. The van der Waals surface area contributed by atoms with E-state index in [9.17, 15) is 8.78 Å². The summed E-state index contributed by atoms with van der Waals surface area (Å²) in [6.07, 6.45) is 3.88. The molecule has 2 aliphatic rings. The van der Waals surface area contributed by atoms with Gasteiger partial charge in [-0.05, 0) is 117 Å². The molecule has 0 spiro atoms. The standard InChI is InChI=1S/C44H46F2N10O4/c1-57-32-15-8-28(9-16-32)48-39-27-40(49-29-10-17-33(58-2)18-11-29)54-44(53-39)56-24-6-7-36(56)35-25-31(14-21-37(35)59-3)50-41-26-38(51-43(52-41)55-22-4-5-23-55)47-30-12-19-34(20-13-30)60-42(45)46/h8-21,25-27,36,42H,4-7,22-24H2,1-3H3,(H2,47,50,51,52)(H2,48,49,53,54). The largest absolute Gasteiger partial charge is 0.497 e. The summed E-state index contributed by atoms with van der Waals surface area (Å²) >= 11 is 0. The Morgan fingerprint density at radius 2 is 1.00 bits per heavy atom. The van der Waals surface area contributed by atoms with Crippen molar-refractivity contribution in [2.75, 3.05) is 72.0 Å². The van der Waals surface area contributed by atoms with Crippen molar-refractivity contribution < 1.29 is 27.7 Å². The molecule has 4 N–H and O–H groups in total. The van der Waals surface area contributed by atoms with E-state index in [-0.39, 0.29) is 11.8 Å². The Morgan fingerprint density at radius 1 is 0.533 bits per heavy atom. The van der Waals surface area contributed by atoms with Gasteiger partial charge >= 0.3 is 6.61 Å². The van der Waals surface area contributed by atoms with Crippen LogP contribution >= 0.6 is 0 Å². The molecule has 2 saturated heterocycles. The lowest BCUT2D eigenvalue weighted by Gasteiger charge is -2.27. The quantitative estimate of drug-likeness (QED) is 0.0736. The van der Waals surface area contributed by atoms with Gasteiger partial charge in [0.05, 0.1) is 27.4 Å². The van der Waals surface area contributed by atoms with E-state index in [1.165, 1.54) is 12.1 Å². The van der Waals surface area contributed by atoms with Crippen molar-refractivity contribution in [2.45, 2.75) is 38.3 Å². The number of nitrogens with one attached hydrogen (secondary N) is 4. The third-order valence-electron chi connectivity index (χ3n) is 10.3. The average Bonchev–Trinajstić information content (AvgIpc) is 3.99. The Hall–Kier alpha value is -7.10. The van der Waals surface area contributed by atoms with Gasteiger partial charge in [-0.2, -0.15) is 28.7 Å². The van der Waals surface area contributed by atoms with Crippen LogP contribution in [0.15, 0.2) is 103 Å². The number of nitrogens with zero attached hydrogens (tertiary/aromatic N) is 6. The predicted octanol–water partition coefficient (Wildman–Crippen LogP) is 9.81. The van der Waals surface area contributed by atoms with Crippen molar-refractivity contribution in [3.05, 3.63) is 109 Å². The molecule has 4 heterocycles. The van der Waals surface area contributed by atoms with Gasteiger partial charge < -0.3 is 50.0 Å². The average molecular weight is 817 g/mol. The number of benzene rings is 4. The molecule has 0 radical (unpaired) electrons. The summed E-state index contributed by atoms with van der Waals surface area (Å²) in [4.78, 5) is 24.2. The van der Waals surface area contributed by atoms with Gasteiger partial charge in [-0.1, -0.05) is 0 Å². The lowest BCUT2D eigenvalue weighted by Crippen LogP contribution is -2.25. The van der Waals surface area contributed by atoms with Gasteiger partial charge in [-0.25, -0.2) is 0 Å². The normalized spacial score (nSPS) is 14.9. The molecule has 2 aromatic heterocycles. The number of hydrogen-bond donors (Lipinski definition) is 4. The van der Waals surface area contributed by atoms with Crippen LogP contribution in [-0.4, -0.2) is 67.5 Å². The van der Waals surface area contributed by atoms with Crippen LogP contribution in [0.5, 0.6) is 23.0 Å². The topological polar surface area (TPSA) is 143 Å². The first-order valence-corrected chi connectivity index (χ1v) is 19.7. The fourth-order valence-corrected chi connectivity index (χ4v) is 7.37. The summed E-state index contributed by atoms with van der Waals surface area (Å²) in [6, 6.07) is 31.2. The highest BCUT2D eigenvalue weighted by Gasteiger charge is 2.31. The SMILES string of the molecule is COc1ccc(Nc2cc(Nc3ccc(OC)cc3)nc(N3CCCC3c3cc(Nc4cc(Nc5ccc(OC(F)F)cc5)nc(N5CCCC5)n4)ccc3OC)n2)cc1. The zero-order chi connectivity index (χ0) is 41.4. The van der Waals surface area contributed by atoms with Crippen LogP contribution in [-0.2, 0) is 0 Å². The van der Waals surface area contributed by atoms with Gasteiger partial charge in [0.1, 0.15) is 46.3 Å². The molecule has 6 aromatic rings. The van der Waals surface area contributed by atoms with Crippen LogP contribution in [0.4, 0.5) is 66.7 Å². The molecule has 0 bridgehead atoms. The number of aromatic nitrogens is 4. The van der Waals surface area contributed by atoms with Crippen LogP contribution in [0.25, 0.3) is 0 Å². The lowest BCUT2D eigenvalue weighted by atomic mass is 10.0. The Bertz CT molecular complexity index is 2300. The van der Waals surface area contributed by atoms with E-state index in [4.69, 9.17) is 34.1 Å². The van der Waals surface area contributed by atoms with Crippen LogP contribution in [0.2, 0.25) is 0 Å². The molecule has 2 aliphatic heterocycles. The van der Waals surface area contributed by atoms with Crippen molar-refractivity contribution in [3.63, 3.8) is 0 Å². The van der Waals surface area contributed by atoms with Crippen molar-refractivity contribution in [3.8, 4) is 23.0 Å². The van der Waals surface area contributed by atoms with Crippen molar-refractivity contribution in [2.24, 2.45) is 0 Å². The fraction of sp³-hybridized carbons (Fsp3) is 0.273. The maximum Gasteiger partial charge on any atom is 0.387 e. The first-order valence-electron chi connectivity index (χ1n) is 19.7. The minimum Gasteiger partial charge on any atom is -0.497 e. The molecule has 0 aliphatic carbocycles. The molecular weight excluding hydrogens is 771 g/mol. The van der Waals surface area contributed by atoms with E-state index in [1.54, 1.807) is 33.5 Å². The van der Waals surface area contributed by atoms with Crippen molar-refractivity contribution >= 4 is 57.9 Å². The monoisotopic (exact) mass is 816 g/mol. The van der Waals surface area contributed by atoms with Crippen molar-refractivity contribution in [1.82, 2.24) is 19.9 Å². The molecule has 14 nitrogen and oxygen atoms in total. The molecule has 1 unspecified atom stereocenters. The second kappa shape index (κ2) is 18.2. The second-order valence-electron chi connectivity index (χ2n) is 14.2. The highest BCUT2D eigenvalue weighted by atomic mass is 19.3. The van der Waals surface area contributed by atoms with Crippen LogP contribution in [0.3, 0.4) is 0 Å². The number of anilines is 10. The van der Waals surface area contributed by atoms with Gasteiger partial charge in [0.15, 0.2) is 0 Å². The molecule has 16 heteroatoms. The summed E-state index contributed by atoms with van der Waals surface area (Å²) in [5.41, 5.74) is 4.14. The predicted molar refractivity (Wildman–Crippen MR) is 230 cm³/mol. The Labute approximate surface area is 346 Å². The zero-order valence-electron chi connectivity index (χ0n) is 33.5. The van der Waals surface area contributed by atoms with Gasteiger partial charge in [0.2, 0.25) is 11.9 Å². The third-order valence-corrected chi connectivity index (χ3v) is 10.3. The van der Waals surface area contributed by atoms with Gasteiger partial charge in [-0.15, -0.1) is 0 Å². The molecule has 1 atom stereocenters. The summed E-state index contributed by atoms with van der Waals surface area (Å²) < 4.78 is 46.7. The summed E-state index contributed by atoms with van der Waals surface area (Å²) in [7, 11) is 4.96. The van der Waals surface area contributed by atoms with E-state index < -0.39 is 6.61 Å². The first-order chi connectivity index (χ1) is 29.3. The van der Waals surface area contributed by atoms with E-state index in [2.05, 4.69) is 41.9 Å². The van der Waals surface area contributed by atoms with E-state index in [0.717, 1.165) is 85.2 Å². The first kappa shape index (κ1) is 39.7. The fourth-order valence-electron chi connectivity index (χ4n) is 7.37. The van der Waals surface area contributed by atoms with E-state index in [0.29, 0.717) is 40.9 Å². The zero-order valence-corrected chi connectivity index (χ0v) is 33.5. The van der Waals surface area contributed by atoms with E-state index >= 15 is 0 Å². The maximum atomic E-state index is 12.7. The Kier molecular flexibility index (Phi) is 12.1.